The van der Waals surface area contributed by atoms with Gasteiger partial charge in [0, 0.05) is 5.41 Å². The molecule has 6 heteroatoms. The van der Waals surface area contributed by atoms with Gasteiger partial charge in [0.1, 0.15) is 5.15 Å². The fourth-order valence-corrected chi connectivity index (χ4v) is 2.22. The van der Waals surface area contributed by atoms with Gasteiger partial charge in [-0.15, -0.1) is 0 Å². The molecule has 0 bridgehead atoms. The summed E-state index contributed by atoms with van der Waals surface area (Å²) < 4.78 is 5.68. The minimum absolute atomic E-state index is 0.282. The average molecular weight is 355 g/mol. The molecule has 0 aliphatic carbocycles. The van der Waals surface area contributed by atoms with Crippen molar-refractivity contribution < 1.29 is 9.53 Å². The quantitative estimate of drug-likeness (QED) is 0.622. The van der Waals surface area contributed by atoms with Crippen LogP contribution in [0, 0.1) is 3.57 Å². The van der Waals surface area contributed by atoms with Gasteiger partial charge in [-0.25, -0.2) is 9.78 Å². The Morgan fingerprint density at radius 1 is 1.56 bits per heavy atom. The van der Waals surface area contributed by atoms with E-state index in [9.17, 15) is 4.79 Å². The van der Waals surface area contributed by atoms with Crippen molar-refractivity contribution in [1.29, 1.82) is 0 Å². The van der Waals surface area contributed by atoms with Crippen molar-refractivity contribution in [2.75, 3.05) is 0 Å². The minimum atomic E-state index is -0.854. The van der Waals surface area contributed by atoms with Crippen molar-refractivity contribution in [3.05, 3.63) is 20.5 Å². The molecule has 0 radical (unpaired) electrons. The smallest absolute Gasteiger partial charge is 0.407 e. The van der Waals surface area contributed by atoms with E-state index in [-0.39, 0.29) is 5.41 Å². The number of hydrogen-bond donors (Lipinski definition) is 1. The van der Waals surface area contributed by atoms with Gasteiger partial charge in [0.25, 0.3) is 0 Å². The van der Waals surface area contributed by atoms with Crippen LogP contribution in [0.25, 0.3) is 0 Å². The number of rotatable bonds is 1. The largest absolute Gasteiger partial charge is 0.410 e. The Balaban J connectivity index is 3.38. The van der Waals surface area contributed by atoms with E-state index in [4.69, 9.17) is 22.1 Å². The fourth-order valence-electron chi connectivity index (χ4n) is 1.18. The van der Waals surface area contributed by atoms with Crippen molar-refractivity contribution in [2.45, 2.75) is 26.2 Å². The zero-order chi connectivity index (χ0) is 12.5. The van der Waals surface area contributed by atoms with Crippen LogP contribution in [0.4, 0.5) is 4.79 Å². The highest BCUT2D eigenvalue weighted by molar-refractivity contribution is 14.1. The van der Waals surface area contributed by atoms with Gasteiger partial charge in [0.05, 0.1) is 9.26 Å². The van der Waals surface area contributed by atoms with E-state index < -0.39 is 6.09 Å². The number of ether oxygens (including phenoxy) is 1. The second-order valence-corrected chi connectivity index (χ2v) is 5.83. The maximum Gasteiger partial charge on any atom is 0.410 e. The molecule has 1 rings (SSSR count). The van der Waals surface area contributed by atoms with Crippen molar-refractivity contribution in [3.63, 3.8) is 0 Å². The highest BCUT2D eigenvalue weighted by atomic mass is 127. The molecular weight excluding hydrogens is 342 g/mol. The number of carbonyl (C=O) groups excluding carboxylic acids is 1. The number of amides is 1. The molecule has 2 N–H and O–H groups in total. The van der Waals surface area contributed by atoms with E-state index in [0.717, 1.165) is 0 Å². The Kier molecular flexibility index (Phi) is 4.01. The predicted molar refractivity (Wildman–Crippen MR) is 70.9 cm³/mol. The molecule has 0 aliphatic heterocycles. The number of aromatic nitrogens is 1. The van der Waals surface area contributed by atoms with Crippen molar-refractivity contribution in [1.82, 2.24) is 4.98 Å². The third kappa shape index (κ3) is 3.21. The van der Waals surface area contributed by atoms with Crippen LogP contribution >= 0.6 is 34.2 Å². The minimum Gasteiger partial charge on any atom is -0.407 e. The summed E-state index contributed by atoms with van der Waals surface area (Å²) in [5.74, 6) is 0.380. The Bertz CT molecular complexity index is 430. The molecule has 1 aromatic heterocycles. The van der Waals surface area contributed by atoms with Gasteiger partial charge in [-0.2, -0.15) is 0 Å². The Morgan fingerprint density at radius 3 is 2.56 bits per heavy atom. The van der Waals surface area contributed by atoms with Crippen LogP contribution in [0.15, 0.2) is 6.07 Å². The summed E-state index contributed by atoms with van der Waals surface area (Å²) in [7, 11) is 0. The first-order valence-corrected chi connectivity index (χ1v) is 6.01. The molecule has 0 unspecified atom stereocenters. The van der Waals surface area contributed by atoms with Crippen LogP contribution in [0.1, 0.15) is 26.5 Å². The summed E-state index contributed by atoms with van der Waals surface area (Å²) in [5, 5.41) is 0.367. The van der Waals surface area contributed by atoms with Crippen LogP contribution < -0.4 is 10.5 Å². The summed E-state index contributed by atoms with van der Waals surface area (Å²) in [4.78, 5) is 15.0. The van der Waals surface area contributed by atoms with Gasteiger partial charge in [0.2, 0.25) is 0 Å². The fraction of sp³-hybridized carbons (Fsp3) is 0.400. The molecule has 0 saturated heterocycles. The molecule has 0 aliphatic rings. The van der Waals surface area contributed by atoms with Crippen molar-refractivity contribution in [2.24, 2.45) is 5.73 Å². The number of primary amides is 1. The molecular formula is C10H12ClIN2O2. The topological polar surface area (TPSA) is 65.2 Å². The molecule has 0 saturated carbocycles. The van der Waals surface area contributed by atoms with Crippen molar-refractivity contribution >= 4 is 40.3 Å². The lowest BCUT2D eigenvalue weighted by atomic mass is 9.91. The van der Waals surface area contributed by atoms with E-state index in [2.05, 4.69) is 4.98 Å². The van der Waals surface area contributed by atoms with Crippen LogP contribution in [0.2, 0.25) is 5.15 Å². The first-order chi connectivity index (χ1) is 7.21. The Hall–Kier alpha value is -0.560. The molecule has 1 amide bonds. The monoisotopic (exact) mass is 354 g/mol. The normalized spacial score (nSPS) is 11.3. The van der Waals surface area contributed by atoms with Crippen LogP contribution in [0.5, 0.6) is 5.75 Å². The van der Waals surface area contributed by atoms with Gasteiger partial charge in [0.15, 0.2) is 5.75 Å². The molecule has 1 aromatic rings. The van der Waals surface area contributed by atoms with Gasteiger partial charge >= 0.3 is 6.09 Å². The third-order valence-corrected chi connectivity index (χ3v) is 2.80. The maximum absolute atomic E-state index is 10.8. The zero-order valence-corrected chi connectivity index (χ0v) is 12.1. The number of nitrogens with zero attached hydrogens (tertiary/aromatic N) is 1. The summed E-state index contributed by atoms with van der Waals surface area (Å²) in [5.41, 5.74) is 5.35. The number of nitrogens with two attached hydrogens (primary N) is 1. The maximum atomic E-state index is 10.8. The second kappa shape index (κ2) is 4.75. The van der Waals surface area contributed by atoms with E-state index in [1.165, 1.54) is 0 Å². The molecule has 88 valence electrons. The SMILES string of the molecule is CC(C)(C)c1nc(Cl)cc(I)c1OC(N)=O. The lowest BCUT2D eigenvalue weighted by Gasteiger charge is -2.21. The Morgan fingerprint density at radius 2 is 2.12 bits per heavy atom. The first-order valence-electron chi connectivity index (χ1n) is 4.55. The highest BCUT2D eigenvalue weighted by Crippen LogP contribution is 2.34. The molecule has 16 heavy (non-hydrogen) atoms. The Labute approximate surface area is 113 Å². The van der Waals surface area contributed by atoms with E-state index >= 15 is 0 Å². The molecule has 0 spiro atoms. The second-order valence-electron chi connectivity index (χ2n) is 4.28. The molecule has 0 atom stereocenters. The van der Waals surface area contributed by atoms with E-state index in [1.54, 1.807) is 6.07 Å². The van der Waals surface area contributed by atoms with Gasteiger partial charge in [-0.05, 0) is 28.7 Å². The standard InChI is InChI=1S/C10H12ClIN2O2/c1-10(2,3)8-7(16-9(13)15)5(12)4-6(11)14-8/h4H,1-3H3,(H2,13,15). The summed E-state index contributed by atoms with van der Waals surface area (Å²) in [6, 6.07) is 1.62. The summed E-state index contributed by atoms with van der Waals surface area (Å²) in [6.07, 6.45) is -0.854. The number of hydrogen-bond acceptors (Lipinski definition) is 3. The van der Waals surface area contributed by atoms with Gasteiger partial charge < -0.3 is 10.5 Å². The van der Waals surface area contributed by atoms with E-state index in [0.29, 0.717) is 20.2 Å². The number of pyridine rings is 1. The molecule has 4 nitrogen and oxygen atoms in total. The zero-order valence-electron chi connectivity index (χ0n) is 9.17. The van der Waals surface area contributed by atoms with Crippen molar-refractivity contribution in [3.8, 4) is 5.75 Å². The summed E-state index contributed by atoms with van der Waals surface area (Å²) >= 11 is 7.90. The van der Waals surface area contributed by atoms with Gasteiger partial charge in [-0.3, -0.25) is 0 Å². The third-order valence-electron chi connectivity index (χ3n) is 1.81. The molecule has 0 aromatic carbocycles. The summed E-state index contributed by atoms with van der Waals surface area (Å²) in [6.45, 7) is 5.86. The van der Waals surface area contributed by atoms with Crippen LogP contribution in [-0.4, -0.2) is 11.1 Å². The molecule has 0 fully saturated rings. The lowest BCUT2D eigenvalue weighted by Crippen LogP contribution is -2.22. The van der Waals surface area contributed by atoms with Crippen LogP contribution in [0.3, 0.4) is 0 Å². The predicted octanol–water partition coefficient (Wildman–Crippen LogP) is 3.09. The lowest BCUT2D eigenvalue weighted by molar-refractivity contribution is 0.209. The highest BCUT2D eigenvalue weighted by Gasteiger charge is 2.24. The molecule has 1 heterocycles. The van der Waals surface area contributed by atoms with Gasteiger partial charge in [-0.1, -0.05) is 32.4 Å². The number of halogens is 2. The average Bonchev–Trinajstić information content (AvgIpc) is 2.06. The van der Waals surface area contributed by atoms with Crippen LogP contribution in [-0.2, 0) is 5.41 Å². The van der Waals surface area contributed by atoms with E-state index in [1.807, 2.05) is 43.4 Å². The number of carbonyl (C=O) groups is 1. The first kappa shape index (κ1) is 13.5.